The van der Waals surface area contributed by atoms with E-state index in [0.717, 1.165) is 0 Å². The molecule has 156 valence electrons. The van der Waals surface area contributed by atoms with E-state index in [1.54, 1.807) is 50.5 Å². The lowest BCUT2D eigenvalue weighted by molar-refractivity contribution is -0.133. The number of carbonyl (C=O) groups is 3. The zero-order chi connectivity index (χ0) is 21.1. The summed E-state index contributed by atoms with van der Waals surface area (Å²) in [7, 11) is 0. The molecule has 0 spiro atoms. The standard InChI is InChI=1S/C17H33N4O3PS2/c1-9(2)16(23)14(15(21-13(7)22)17(24)10(3)4)20-12(6)19-8-26-25-27-11(5)18/h9-11,14-15,19-20,25H,6,8,18H2,1-5,7H3,(H,21,22). The molecular formula is C17H33N4O3PS2. The molecule has 0 rings (SSSR count). The van der Waals surface area contributed by atoms with E-state index in [-0.39, 0.29) is 34.7 Å². The van der Waals surface area contributed by atoms with Crippen LogP contribution < -0.4 is 21.7 Å². The van der Waals surface area contributed by atoms with Gasteiger partial charge in [0.1, 0.15) is 12.1 Å². The van der Waals surface area contributed by atoms with Crippen LogP contribution in [-0.4, -0.2) is 40.8 Å². The highest BCUT2D eigenvalue weighted by Crippen LogP contribution is 2.42. The van der Waals surface area contributed by atoms with Gasteiger partial charge < -0.3 is 21.7 Å². The van der Waals surface area contributed by atoms with Gasteiger partial charge >= 0.3 is 0 Å². The maximum atomic E-state index is 12.7. The highest BCUT2D eigenvalue weighted by Gasteiger charge is 2.36. The Morgan fingerprint density at radius 1 is 1.00 bits per heavy atom. The molecular weight excluding hydrogens is 403 g/mol. The number of nitrogens with one attached hydrogen (secondary N) is 3. The average molecular weight is 437 g/mol. The molecule has 0 fully saturated rings. The predicted octanol–water partition coefficient (Wildman–Crippen LogP) is 2.20. The van der Waals surface area contributed by atoms with Gasteiger partial charge in [0.15, 0.2) is 11.6 Å². The summed E-state index contributed by atoms with van der Waals surface area (Å²) in [5.74, 6) is -0.314. The molecule has 0 aliphatic heterocycles. The third kappa shape index (κ3) is 11.0. The first-order valence-electron chi connectivity index (χ1n) is 8.79. The van der Waals surface area contributed by atoms with Crippen LogP contribution in [0.1, 0.15) is 41.5 Å². The van der Waals surface area contributed by atoms with Crippen LogP contribution in [0.2, 0.25) is 0 Å². The van der Waals surface area contributed by atoms with Gasteiger partial charge in [-0.15, -0.1) is 22.8 Å². The number of hydrogen-bond donors (Lipinski definition) is 4. The molecule has 0 aromatic carbocycles. The molecule has 1 amide bonds. The fourth-order valence-electron chi connectivity index (χ4n) is 2.08. The SMILES string of the molecule is C=C(NCSPSC(C)N)NC(C(=O)C(C)C)C(NC(C)=O)C(=O)C(C)C. The fourth-order valence-corrected chi connectivity index (χ4v) is 6.16. The van der Waals surface area contributed by atoms with Gasteiger partial charge in [0.05, 0.1) is 17.1 Å². The molecule has 7 nitrogen and oxygen atoms in total. The van der Waals surface area contributed by atoms with Crippen LogP contribution in [0, 0.1) is 11.8 Å². The van der Waals surface area contributed by atoms with Crippen molar-refractivity contribution in [3.05, 3.63) is 12.4 Å². The van der Waals surface area contributed by atoms with Crippen LogP contribution in [0.25, 0.3) is 0 Å². The lowest BCUT2D eigenvalue weighted by Crippen LogP contribution is -2.59. The molecule has 4 unspecified atom stereocenters. The first-order valence-corrected chi connectivity index (χ1v) is 13.1. The van der Waals surface area contributed by atoms with Crippen LogP contribution >= 0.6 is 29.7 Å². The van der Waals surface area contributed by atoms with Crippen LogP contribution in [0.3, 0.4) is 0 Å². The second kappa shape index (κ2) is 13.4. The molecule has 0 bridgehead atoms. The molecule has 0 aromatic rings. The van der Waals surface area contributed by atoms with Gasteiger partial charge in [-0.25, -0.2) is 0 Å². The summed E-state index contributed by atoms with van der Waals surface area (Å²) in [5, 5.41) is 8.82. The second-order valence-electron chi connectivity index (χ2n) is 6.76. The minimum atomic E-state index is -0.945. The lowest BCUT2D eigenvalue weighted by atomic mass is 9.89. The third-order valence-electron chi connectivity index (χ3n) is 3.42. The molecule has 0 aliphatic carbocycles. The highest BCUT2D eigenvalue weighted by atomic mass is 33.1. The molecule has 0 radical (unpaired) electrons. The predicted molar refractivity (Wildman–Crippen MR) is 119 cm³/mol. The summed E-state index contributed by atoms with van der Waals surface area (Å²) in [6, 6.07) is -1.83. The summed E-state index contributed by atoms with van der Waals surface area (Å²) in [4.78, 5) is 36.9. The van der Waals surface area contributed by atoms with Gasteiger partial charge in [-0.05, 0) is 6.92 Å². The molecule has 0 saturated carbocycles. The van der Waals surface area contributed by atoms with Crippen LogP contribution in [-0.2, 0) is 14.4 Å². The van der Waals surface area contributed by atoms with E-state index in [1.165, 1.54) is 6.92 Å². The second-order valence-corrected chi connectivity index (χ2v) is 12.1. The van der Waals surface area contributed by atoms with Gasteiger partial charge in [0, 0.05) is 25.7 Å². The minimum Gasteiger partial charge on any atom is -0.363 e. The molecule has 0 saturated heterocycles. The van der Waals surface area contributed by atoms with Crippen molar-refractivity contribution in [1.29, 1.82) is 0 Å². The van der Waals surface area contributed by atoms with Gasteiger partial charge in [-0.2, -0.15) is 0 Å². The molecule has 4 atom stereocenters. The Bertz CT molecular complexity index is 530. The van der Waals surface area contributed by atoms with Crippen molar-refractivity contribution in [2.75, 3.05) is 5.88 Å². The van der Waals surface area contributed by atoms with E-state index in [9.17, 15) is 14.4 Å². The number of amides is 1. The van der Waals surface area contributed by atoms with Crippen molar-refractivity contribution < 1.29 is 14.4 Å². The maximum Gasteiger partial charge on any atom is 0.217 e. The van der Waals surface area contributed by atoms with E-state index in [0.29, 0.717) is 18.7 Å². The van der Waals surface area contributed by atoms with Gasteiger partial charge in [-0.3, -0.25) is 14.4 Å². The Hall–Kier alpha value is -0.760. The Labute approximate surface area is 172 Å². The van der Waals surface area contributed by atoms with E-state index >= 15 is 0 Å². The Kier molecular flexibility index (Phi) is 13.0. The van der Waals surface area contributed by atoms with Gasteiger partial charge in [0.2, 0.25) is 5.91 Å². The molecule has 0 heterocycles. The zero-order valence-electron chi connectivity index (χ0n) is 16.9. The number of carbonyl (C=O) groups excluding carboxylic acids is 3. The number of hydrogen-bond acceptors (Lipinski definition) is 8. The molecule has 10 heteroatoms. The summed E-state index contributed by atoms with van der Waals surface area (Å²) in [5.41, 5.74) is 5.69. The zero-order valence-corrected chi connectivity index (χ0v) is 19.6. The average Bonchev–Trinajstić information content (AvgIpc) is 2.55. The first-order chi connectivity index (χ1) is 12.5. The largest absolute Gasteiger partial charge is 0.363 e. The monoisotopic (exact) mass is 436 g/mol. The summed E-state index contributed by atoms with van der Waals surface area (Å²) in [6.07, 6.45) is 0. The normalized spacial score (nSPS) is 14.9. The van der Waals surface area contributed by atoms with E-state index in [2.05, 4.69) is 22.5 Å². The number of Topliss-reactive ketones (excluding diaryl/α,β-unsaturated/α-hetero) is 2. The van der Waals surface area contributed by atoms with Gasteiger partial charge in [-0.1, -0.05) is 34.3 Å². The number of rotatable bonds is 14. The first kappa shape index (κ1) is 26.2. The molecule has 0 aromatic heterocycles. The minimum absolute atomic E-state index is 0.0886. The van der Waals surface area contributed by atoms with Crippen molar-refractivity contribution >= 4 is 47.2 Å². The van der Waals surface area contributed by atoms with Crippen molar-refractivity contribution in [3.63, 3.8) is 0 Å². The van der Waals surface area contributed by atoms with E-state index in [4.69, 9.17) is 5.73 Å². The quantitative estimate of drug-likeness (QED) is 0.186. The number of nitrogens with two attached hydrogens (primary N) is 1. The Balaban J connectivity index is 5.10. The smallest absolute Gasteiger partial charge is 0.217 e. The van der Waals surface area contributed by atoms with Crippen molar-refractivity contribution in [1.82, 2.24) is 16.0 Å². The Morgan fingerprint density at radius 3 is 1.89 bits per heavy atom. The van der Waals surface area contributed by atoms with Crippen molar-refractivity contribution in [2.24, 2.45) is 17.6 Å². The molecule has 27 heavy (non-hydrogen) atoms. The molecule has 0 aliphatic rings. The summed E-state index contributed by atoms with van der Waals surface area (Å²) >= 11 is 3.32. The topological polar surface area (TPSA) is 113 Å². The number of ketones is 2. The highest BCUT2D eigenvalue weighted by molar-refractivity contribution is 8.82. The van der Waals surface area contributed by atoms with Crippen LogP contribution in [0.15, 0.2) is 12.4 Å². The van der Waals surface area contributed by atoms with E-state index in [1.807, 2.05) is 6.92 Å². The fraction of sp³-hybridized carbons (Fsp3) is 0.706. The van der Waals surface area contributed by atoms with Gasteiger partial charge in [0.25, 0.3) is 0 Å². The van der Waals surface area contributed by atoms with Crippen molar-refractivity contribution in [2.45, 2.75) is 59.0 Å². The summed E-state index contributed by atoms with van der Waals surface area (Å²) in [6.45, 7) is 14.8. The lowest BCUT2D eigenvalue weighted by Gasteiger charge is -2.30. The summed E-state index contributed by atoms with van der Waals surface area (Å²) < 4.78 is 0. The van der Waals surface area contributed by atoms with Crippen LogP contribution in [0.5, 0.6) is 0 Å². The molecule has 5 N–H and O–H groups in total. The maximum absolute atomic E-state index is 12.7. The van der Waals surface area contributed by atoms with Crippen molar-refractivity contribution in [3.8, 4) is 0 Å². The Morgan fingerprint density at radius 2 is 1.48 bits per heavy atom. The third-order valence-corrected chi connectivity index (χ3v) is 8.42. The van der Waals surface area contributed by atoms with E-state index < -0.39 is 12.1 Å². The van der Waals surface area contributed by atoms with Crippen LogP contribution in [0.4, 0.5) is 0 Å².